The third kappa shape index (κ3) is 3.34. The number of halogens is 3. The van der Waals surface area contributed by atoms with E-state index in [1.54, 1.807) is 6.33 Å². The zero-order valence-electron chi connectivity index (χ0n) is 18.2. The zero-order chi connectivity index (χ0) is 23.6. The topological polar surface area (TPSA) is 74.8 Å². The minimum atomic E-state index is -4.53. The van der Waals surface area contributed by atoms with E-state index in [1.807, 2.05) is 48.2 Å². The molecule has 6 nitrogen and oxygen atoms in total. The second kappa shape index (κ2) is 7.38. The van der Waals surface area contributed by atoms with Crippen LogP contribution in [0.2, 0.25) is 0 Å². The summed E-state index contributed by atoms with van der Waals surface area (Å²) in [6.45, 7) is 1.96. The highest BCUT2D eigenvalue weighted by Crippen LogP contribution is 2.54. The molecule has 34 heavy (non-hydrogen) atoms. The molecule has 0 spiro atoms. The molecule has 172 valence electrons. The molecule has 4 aromatic rings. The minimum absolute atomic E-state index is 0.0645. The van der Waals surface area contributed by atoms with Gasteiger partial charge in [-0.15, -0.1) is 10.2 Å². The molecule has 1 aliphatic heterocycles. The normalized spacial score (nSPS) is 20.6. The maximum atomic E-state index is 13.2. The Morgan fingerprint density at radius 2 is 1.85 bits per heavy atom. The molecule has 0 unspecified atom stereocenters. The van der Waals surface area contributed by atoms with Crippen molar-refractivity contribution in [1.82, 2.24) is 20.2 Å². The Hall–Kier alpha value is -3.75. The van der Waals surface area contributed by atoms with Crippen LogP contribution in [0.3, 0.4) is 0 Å². The second-order valence-electron chi connectivity index (χ2n) is 8.99. The fraction of sp³-hybridized carbons (Fsp3) is 0.280. The third-order valence-corrected chi connectivity index (χ3v) is 6.79. The van der Waals surface area contributed by atoms with E-state index in [2.05, 4.69) is 20.2 Å². The van der Waals surface area contributed by atoms with Crippen LogP contribution in [0.25, 0.3) is 22.3 Å². The number of nitrogens with one attached hydrogen (secondary N) is 1. The highest BCUT2D eigenvalue weighted by Gasteiger charge is 2.55. The monoisotopic (exact) mass is 463 g/mol. The fourth-order valence-corrected chi connectivity index (χ4v) is 4.92. The number of imidazole rings is 1. The number of nitrogens with zero attached hydrogens (tertiary/aromatic N) is 4. The molecule has 1 amide bonds. The van der Waals surface area contributed by atoms with Gasteiger partial charge in [0.05, 0.1) is 35.0 Å². The number of rotatable bonds is 4. The van der Waals surface area contributed by atoms with Crippen molar-refractivity contribution in [2.24, 2.45) is 11.8 Å². The van der Waals surface area contributed by atoms with E-state index in [-0.39, 0.29) is 17.9 Å². The summed E-state index contributed by atoms with van der Waals surface area (Å²) < 4.78 is 38.4. The van der Waals surface area contributed by atoms with E-state index in [0.29, 0.717) is 17.2 Å². The Labute approximate surface area is 192 Å². The van der Waals surface area contributed by atoms with Crippen LogP contribution in [0.5, 0.6) is 0 Å². The van der Waals surface area contributed by atoms with Crippen LogP contribution in [-0.4, -0.2) is 26.1 Å². The van der Waals surface area contributed by atoms with Gasteiger partial charge in [0.15, 0.2) is 5.69 Å². The molecule has 1 aliphatic carbocycles. The van der Waals surface area contributed by atoms with E-state index >= 15 is 0 Å². The summed E-state index contributed by atoms with van der Waals surface area (Å²) in [6.07, 6.45) is -0.791. The molecule has 2 aromatic carbocycles. The van der Waals surface area contributed by atoms with Crippen molar-refractivity contribution < 1.29 is 18.0 Å². The quantitative estimate of drug-likeness (QED) is 0.408. The highest BCUT2D eigenvalue weighted by molar-refractivity contribution is 6.04. The van der Waals surface area contributed by atoms with Crippen LogP contribution in [0.15, 0.2) is 54.9 Å². The standard InChI is InChI=1S/C25H20F3N5O/c1-13-10-15(18-8-9-21(32-31-18)25(26,27)28)4-6-17(13)23-22(14-2-3-14)24(34)33(23)16-5-7-19-20(11-16)30-12-29-19/h4-12,14,22-23H,2-3H2,1H3,(H,29,30)/t22-,23+/m0/s1. The lowest BCUT2D eigenvalue weighted by molar-refractivity contribution is -0.141. The maximum absolute atomic E-state index is 13.2. The molecule has 9 heteroatoms. The molecule has 6 rings (SSSR count). The average Bonchev–Trinajstić information content (AvgIpc) is 3.52. The number of carbonyl (C=O) groups excluding carboxylic acids is 1. The van der Waals surface area contributed by atoms with Crippen molar-refractivity contribution >= 4 is 22.6 Å². The Kier molecular flexibility index (Phi) is 4.52. The van der Waals surface area contributed by atoms with Crippen molar-refractivity contribution in [2.45, 2.75) is 32.0 Å². The Morgan fingerprint density at radius 3 is 2.53 bits per heavy atom. The molecule has 1 N–H and O–H groups in total. The van der Waals surface area contributed by atoms with Crippen LogP contribution in [-0.2, 0) is 11.0 Å². The lowest BCUT2D eigenvalue weighted by atomic mass is 9.77. The number of hydrogen-bond acceptors (Lipinski definition) is 4. The number of fused-ring (bicyclic) bond motifs is 1. The van der Waals surface area contributed by atoms with Crippen LogP contribution < -0.4 is 4.90 Å². The van der Waals surface area contributed by atoms with Crippen molar-refractivity contribution in [3.8, 4) is 11.3 Å². The van der Waals surface area contributed by atoms with E-state index in [1.165, 1.54) is 6.07 Å². The molecule has 3 heterocycles. The van der Waals surface area contributed by atoms with Crippen molar-refractivity contribution in [1.29, 1.82) is 0 Å². The number of carbonyl (C=O) groups is 1. The fourth-order valence-electron chi connectivity index (χ4n) is 4.92. The number of aromatic amines is 1. The zero-order valence-corrected chi connectivity index (χ0v) is 18.2. The highest BCUT2D eigenvalue weighted by atomic mass is 19.4. The number of anilines is 1. The molecule has 1 saturated heterocycles. The first-order valence-electron chi connectivity index (χ1n) is 11.1. The van der Waals surface area contributed by atoms with Gasteiger partial charge in [0.2, 0.25) is 5.91 Å². The maximum Gasteiger partial charge on any atom is 0.435 e. The molecule has 2 aliphatic rings. The Balaban J connectivity index is 1.35. The van der Waals surface area contributed by atoms with Crippen LogP contribution >= 0.6 is 0 Å². The van der Waals surface area contributed by atoms with E-state index < -0.39 is 11.9 Å². The van der Waals surface area contributed by atoms with Crippen LogP contribution in [0.4, 0.5) is 18.9 Å². The molecule has 2 aromatic heterocycles. The second-order valence-corrected chi connectivity index (χ2v) is 8.99. The van der Waals surface area contributed by atoms with Gasteiger partial charge in [0.1, 0.15) is 0 Å². The van der Waals surface area contributed by atoms with Gasteiger partial charge in [-0.1, -0.05) is 12.1 Å². The first-order valence-corrected chi connectivity index (χ1v) is 11.1. The molecule has 2 fully saturated rings. The predicted octanol–water partition coefficient (Wildman–Crippen LogP) is 5.46. The third-order valence-electron chi connectivity index (χ3n) is 6.79. The number of aromatic nitrogens is 4. The number of β-lactam (4-membered cyclic amide) rings is 1. The van der Waals surface area contributed by atoms with Crippen LogP contribution in [0, 0.1) is 18.8 Å². The van der Waals surface area contributed by atoms with Gasteiger partial charge >= 0.3 is 6.18 Å². The first-order chi connectivity index (χ1) is 16.3. The van der Waals surface area contributed by atoms with Crippen molar-refractivity contribution in [2.75, 3.05) is 4.90 Å². The average molecular weight is 463 g/mol. The number of amides is 1. The summed E-state index contributed by atoms with van der Waals surface area (Å²) >= 11 is 0. The summed E-state index contributed by atoms with van der Waals surface area (Å²) in [7, 11) is 0. The van der Waals surface area contributed by atoms with Gasteiger partial charge in [-0.25, -0.2) is 4.98 Å². The van der Waals surface area contributed by atoms with Gasteiger partial charge in [0, 0.05) is 11.3 Å². The van der Waals surface area contributed by atoms with Gasteiger partial charge in [-0.2, -0.15) is 13.2 Å². The van der Waals surface area contributed by atoms with Gasteiger partial charge in [0.25, 0.3) is 0 Å². The lowest BCUT2D eigenvalue weighted by Gasteiger charge is -2.48. The minimum Gasteiger partial charge on any atom is -0.345 e. The summed E-state index contributed by atoms with van der Waals surface area (Å²) in [5, 5.41) is 7.10. The van der Waals surface area contributed by atoms with Crippen molar-refractivity contribution in [3.05, 3.63) is 71.7 Å². The Bertz CT molecular complexity index is 1410. The number of hydrogen-bond donors (Lipinski definition) is 1. The molecular weight excluding hydrogens is 443 g/mol. The molecule has 1 saturated carbocycles. The summed E-state index contributed by atoms with van der Waals surface area (Å²) in [4.78, 5) is 22.4. The van der Waals surface area contributed by atoms with E-state index in [0.717, 1.165) is 46.8 Å². The number of aryl methyl sites for hydroxylation is 1. The molecule has 0 bridgehead atoms. The van der Waals surface area contributed by atoms with E-state index in [4.69, 9.17) is 0 Å². The smallest absolute Gasteiger partial charge is 0.345 e. The SMILES string of the molecule is Cc1cc(-c2ccc(C(F)(F)F)nn2)ccc1[C@@H]1[C@H](C2CC2)C(=O)N1c1ccc2[nH]cnc2c1. The molecule has 0 radical (unpaired) electrons. The predicted molar refractivity (Wildman–Crippen MR) is 120 cm³/mol. The number of H-pyrrole nitrogens is 1. The van der Waals surface area contributed by atoms with Gasteiger partial charge < -0.3 is 9.88 Å². The number of alkyl halides is 3. The van der Waals surface area contributed by atoms with Gasteiger partial charge in [-0.05, 0) is 73.2 Å². The summed E-state index contributed by atoms with van der Waals surface area (Å²) in [5.74, 6) is 0.451. The lowest BCUT2D eigenvalue weighted by Crippen LogP contribution is -2.56. The summed E-state index contributed by atoms with van der Waals surface area (Å²) in [5.41, 5.74) is 4.53. The van der Waals surface area contributed by atoms with E-state index in [9.17, 15) is 18.0 Å². The molecular formula is C25H20F3N5O. The largest absolute Gasteiger partial charge is 0.435 e. The first kappa shape index (κ1) is 20.8. The van der Waals surface area contributed by atoms with Crippen molar-refractivity contribution in [3.63, 3.8) is 0 Å². The number of benzene rings is 2. The molecule has 2 atom stereocenters. The van der Waals surface area contributed by atoms with Crippen LogP contribution in [0.1, 0.15) is 35.7 Å². The Morgan fingerprint density at radius 1 is 1.03 bits per heavy atom. The van der Waals surface area contributed by atoms with Gasteiger partial charge in [-0.3, -0.25) is 4.79 Å². The summed E-state index contributed by atoms with van der Waals surface area (Å²) in [6, 6.07) is 13.6.